The van der Waals surface area contributed by atoms with Crippen molar-refractivity contribution in [3.8, 4) is 0 Å². The highest BCUT2D eigenvalue weighted by Crippen LogP contribution is 1.77. The van der Waals surface area contributed by atoms with E-state index in [1.165, 1.54) is 6.92 Å². The summed E-state index contributed by atoms with van der Waals surface area (Å²) in [6.07, 6.45) is 0. The number of hydrogen-bond donors (Lipinski definition) is 0. The first-order valence-electron chi connectivity index (χ1n) is 3.31. The Kier molecular flexibility index (Phi) is 11.8. The highest BCUT2D eigenvalue weighted by atomic mass is 35.5. The minimum Gasteiger partial charge on any atom is -0.465 e. The average Bonchev–Trinajstić information content (AvgIpc) is 1.82. The second-order valence-corrected chi connectivity index (χ2v) is 2.75. The van der Waals surface area contributed by atoms with Gasteiger partial charge in [-0.15, -0.1) is 11.6 Å². The Labute approximate surface area is 73.3 Å². The third-order valence-corrected chi connectivity index (χ3v) is 0.537. The summed E-state index contributed by atoms with van der Waals surface area (Å²) in [5.74, 6) is 0.0974. The molecule has 0 aliphatic heterocycles. The predicted molar refractivity (Wildman–Crippen MR) is 47.0 cm³/mol. The first kappa shape index (κ1) is 13.3. The van der Waals surface area contributed by atoms with Crippen LogP contribution in [0.3, 0.4) is 0 Å². The molecule has 4 heteroatoms. The number of hydrogen-bond acceptors (Lipinski definition) is 3. The number of ether oxygens (including phenoxy) is 1. The number of carbonyl (C=O) groups excluding carboxylic acids is 1. The minimum atomic E-state index is -0.277. The molecule has 0 aromatic rings. The zero-order valence-corrected chi connectivity index (χ0v) is 8.31. The molecule has 0 saturated carbocycles. The molecule has 0 rings (SSSR count). The largest absolute Gasteiger partial charge is 0.465 e. The van der Waals surface area contributed by atoms with Gasteiger partial charge in [-0.1, -0.05) is 0 Å². The summed E-state index contributed by atoms with van der Waals surface area (Å²) in [5.41, 5.74) is 0. The molecule has 11 heavy (non-hydrogen) atoms. The van der Waals surface area contributed by atoms with E-state index in [1.54, 1.807) is 0 Å². The summed E-state index contributed by atoms with van der Waals surface area (Å²) in [7, 11) is 6.00. The highest BCUT2D eigenvalue weighted by molar-refractivity contribution is 6.18. The van der Waals surface area contributed by atoms with E-state index in [1.807, 2.05) is 26.0 Å². The first-order chi connectivity index (χ1) is 5.00. The molecule has 0 radical (unpaired) electrons. The number of alkyl halides is 1. The molecule has 0 aliphatic carbocycles. The lowest BCUT2D eigenvalue weighted by molar-refractivity contribution is -0.140. The van der Waals surface area contributed by atoms with Crippen LogP contribution in [0.25, 0.3) is 0 Å². The Morgan fingerprint density at radius 2 is 1.82 bits per heavy atom. The lowest BCUT2D eigenvalue weighted by Gasteiger charge is -1.92. The average molecular weight is 182 g/mol. The van der Waals surface area contributed by atoms with E-state index in [-0.39, 0.29) is 5.97 Å². The normalized spacial score (nSPS) is 8.55. The molecular formula is C7H16ClNO2. The molecule has 0 atom stereocenters. The van der Waals surface area contributed by atoms with E-state index in [9.17, 15) is 4.79 Å². The zero-order valence-electron chi connectivity index (χ0n) is 7.56. The molecular weight excluding hydrogens is 166 g/mol. The van der Waals surface area contributed by atoms with Crippen molar-refractivity contribution in [2.24, 2.45) is 0 Å². The van der Waals surface area contributed by atoms with Gasteiger partial charge in [-0.3, -0.25) is 4.79 Å². The molecule has 3 nitrogen and oxygen atoms in total. The Hall–Kier alpha value is -0.280. The van der Waals surface area contributed by atoms with Crippen molar-refractivity contribution in [2.45, 2.75) is 6.92 Å². The second-order valence-electron chi connectivity index (χ2n) is 2.37. The SMILES string of the molecule is CC(=O)OCCCl.CN(C)C. The molecule has 0 spiro atoms. The summed E-state index contributed by atoms with van der Waals surface area (Å²) in [6.45, 7) is 1.67. The van der Waals surface area contributed by atoms with Gasteiger partial charge in [0, 0.05) is 6.92 Å². The van der Waals surface area contributed by atoms with E-state index in [0.29, 0.717) is 12.5 Å². The Morgan fingerprint density at radius 1 is 1.45 bits per heavy atom. The molecule has 0 aliphatic rings. The fourth-order valence-electron chi connectivity index (χ4n) is 0.182. The first-order valence-corrected chi connectivity index (χ1v) is 3.84. The molecule has 68 valence electrons. The quantitative estimate of drug-likeness (QED) is 0.470. The van der Waals surface area contributed by atoms with Crippen LogP contribution in [0.5, 0.6) is 0 Å². The smallest absolute Gasteiger partial charge is 0.302 e. The molecule has 0 amide bonds. The van der Waals surface area contributed by atoms with E-state index < -0.39 is 0 Å². The fourth-order valence-corrected chi connectivity index (χ4v) is 0.259. The lowest BCUT2D eigenvalue weighted by atomic mass is 10.8. The number of rotatable bonds is 2. The highest BCUT2D eigenvalue weighted by Gasteiger charge is 1.86. The van der Waals surface area contributed by atoms with Gasteiger partial charge in [-0.25, -0.2) is 0 Å². The van der Waals surface area contributed by atoms with Gasteiger partial charge in [0.2, 0.25) is 0 Å². The summed E-state index contributed by atoms with van der Waals surface area (Å²) in [5, 5.41) is 0. The maximum Gasteiger partial charge on any atom is 0.302 e. The van der Waals surface area contributed by atoms with Crippen molar-refractivity contribution < 1.29 is 9.53 Å². The zero-order chi connectivity index (χ0) is 9.28. The monoisotopic (exact) mass is 181 g/mol. The number of nitrogens with zero attached hydrogens (tertiary/aromatic N) is 1. The standard InChI is InChI=1S/C4H7ClO2.C3H9N/c1-4(6)7-3-2-5;1-4(2)3/h2-3H2,1H3;1-3H3. The van der Waals surface area contributed by atoms with Gasteiger partial charge in [-0.05, 0) is 21.1 Å². The lowest BCUT2D eigenvalue weighted by Crippen LogP contribution is -2.00. The minimum absolute atomic E-state index is 0.277. The molecule has 0 aromatic heterocycles. The van der Waals surface area contributed by atoms with Crippen LogP contribution >= 0.6 is 11.6 Å². The molecule has 0 fully saturated rings. The number of halogens is 1. The van der Waals surface area contributed by atoms with Crippen LogP contribution in [0, 0.1) is 0 Å². The summed E-state index contributed by atoms with van der Waals surface area (Å²) < 4.78 is 4.42. The van der Waals surface area contributed by atoms with E-state index >= 15 is 0 Å². The van der Waals surface area contributed by atoms with Crippen LogP contribution in [0.1, 0.15) is 6.92 Å². The number of carbonyl (C=O) groups is 1. The molecule has 0 heterocycles. The second kappa shape index (κ2) is 9.72. The van der Waals surface area contributed by atoms with Crippen molar-refractivity contribution in [3.05, 3.63) is 0 Å². The van der Waals surface area contributed by atoms with E-state index in [4.69, 9.17) is 11.6 Å². The Bertz CT molecular complexity index is 93.7. The fraction of sp³-hybridized carbons (Fsp3) is 0.857. The summed E-state index contributed by atoms with van der Waals surface area (Å²) in [4.78, 5) is 11.9. The van der Waals surface area contributed by atoms with Gasteiger partial charge in [-0.2, -0.15) is 0 Å². The van der Waals surface area contributed by atoms with Gasteiger partial charge < -0.3 is 9.64 Å². The molecule has 0 N–H and O–H groups in total. The Balaban J connectivity index is 0. The van der Waals surface area contributed by atoms with Crippen molar-refractivity contribution in [1.29, 1.82) is 0 Å². The van der Waals surface area contributed by atoms with Crippen LogP contribution in [-0.2, 0) is 9.53 Å². The van der Waals surface area contributed by atoms with Crippen LogP contribution in [-0.4, -0.2) is 44.5 Å². The van der Waals surface area contributed by atoms with Gasteiger partial charge in [0.15, 0.2) is 0 Å². The van der Waals surface area contributed by atoms with Crippen molar-refractivity contribution in [1.82, 2.24) is 4.90 Å². The molecule has 0 aromatic carbocycles. The van der Waals surface area contributed by atoms with Crippen LogP contribution < -0.4 is 0 Å². The van der Waals surface area contributed by atoms with Gasteiger partial charge in [0.1, 0.15) is 6.61 Å². The third-order valence-electron chi connectivity index (χ3n) is 0.382. The maximum absolute atomic E-state index is 9.92. The van der Waals surface area contributed by atoms with Crippen molar-refractivity contribution >= 4 is 17.6 Å². The number of esters is 1. The maximum atomic E-state index is 9.92. The van der Waals surface area contributed by atoms with Gasteiger partial charge in [0.25, 0.3) is 0 Å². The van der Waals surface area contributed by atoms with Crippen molar-refractivity contribution in [2.75, 3.05) is 33.6 Å². The van der Waals surface area contributed by atoms with E-state index in [2.05, 4.69) is 4.74 Å². The van der Waals surface area contributed by atoms with E-state index in [0.717, 1.165) is 0 Å². The van der Waals surface area contributed by atoms with Crippen LogP contribution in [0.2, 0.25) is 0 Å². The molecule has 0 unspecified atom stereocenters. The van der Waals surface area contributed by atoms with Gasteiger partial charge >= 0.3 is 5.97 Å². The molecule has 0 bridgehead atoms. The van der Waals surface area contributed by atoms with Crippen molar-refractivity contribution in [3.63, 3.8) is 0 Å². The third kappa shape index (κ3) is 41.9. The predicted octanol–water partition coefficient (Wildman–Crippen LogP) is 0.966. The summed E-state index contributed by atoms with van der Waals surface area (Å²) in [6, 6.07) is 0. The van der Waals surface area contributed by atoms with Gasteiger partial charge in [0.05, 0.1) is 5.88 Å². The summed E-state index contributed by atoms with van der Waals surface area (Å²) >= 11 is 5.17. The Morgan fingerprint density at radius 3 is 1.91 bits per heavy atom. The van der Waals surface area contributed by atoms with Crippen LogP contribution in [0.15, 0.2) is 0 Å². The molecule has 0 saturated heterocycles. The van der Waals surface area contributed by atoms with Crippen LogP contribution in [0.4, 0.5) is 0 Å². The topological polar surface area (TPSA) is 29.5 Å².